The molecule has 2 unspecified atom stereocenters. The summed E-state index contributed by atoms with van der Waals surface area (Å²) >= 11 is 0. The molecule has 0 spiro atoms. The maximum atomic E-state index is 12.9. The number of aryl methyl sites for hydroxylation is 1. The fraction of sp³-hybridized carbons (Fsp3) is 0.625. The highest BCUT2D eigenvalue weighted by atomic mass is 16.2. The van der Waals surface area contributed by atoms with Crippen molar-refractivity contribution in [3.63, 3.8) is 0 Å². The summed E-state index contributed by atoms with van der Waals surface area (Å²) in [5.74, 6) is 1.04. The average Bonchev–Trinajstić information content (AvgIpc) is 2.92. The van der Waals surface area contributed by atoms with Crippen molar-refractivity contribution in [3.8, 4) is 0 Å². The van der Waals surface area contributed by atoms with E-state index >= 15 is 0 Å². The molecule has 0 radical (unpaired) electrons. The first-order chi connectivity index (χ1) is 10.6. The van der Waals surface area contributed by atoms with Gasteiger partial charge in [0.1, 0.15) is 11.4 Å². The van der Waals surface area contributed by atoms with E-state index in [0.29, 0.717) is 23.9 Å². The Bertz CT molecular complexity index is 624. The fourth-order valence-electron chi connectivity index (χ4n) is 3.99. The maximum absolute atomic E-state index is 12.9. The molecule has 0 aromatic carbocycles. The standard InChI is InChI=1S/C16H20N4O2/c1-11-17-9-12(10-18-11)14(21)20-7-4-13-8-16(13,20)15(22)19-5-2-3-6-19/h9-10,13H,2-8H2,1H3. The van der Waals surface area contributed by atoms with E-state index in [1.54, 1.807) is 24.2 Å². The number of aromatic nitrogens is 2. The molecule has 1 saturated carbocycles. The molecule has 6 heteroatoms. The van der Waals surface area contributed by atoms with E-state index in [0.717, 1.165) is 38.8 Å². The third-order valence-corrected chi connectivity index (χ3v) is 5.29. The summed E-state index contributed by atoms with van der Waals surface area (Å²) < 4.78 is 0. The topological polar surface area (TPSA) is 66.4 Å². The second-order valence-corrected chi connectivity index (χ2v) is 6.59. The van der Waals surface area contributed by atoms with Gasteiger partial charge in [0.2, 0.25) is 5.91 Å². The van der Waals surface area contributed by atoms with Crippen LogP contribution in [0.2, 0.25) is 0 Å². The van der Waals surface area contributed by atoms with Crippen LogP contribution < -0.4 is 0 Å². The lowest BCUT2D eigenvalue weighted by molar-refractivity contribution is -0.136. The summed E-state index contributed by atoms with van der Waals surface area (Å²) in [6.45, 7) is 4.13. The molecule has 0 bridgehead atoms. The van der Waals surface area contributed by atoms with E-state index < -0.39 is 5.54 Å². The van der Waals surface area contributed by atoms with Crippen LogP contribution in [0.3, 0.4) is 0 Å². The minimum absolute atomic E-state index is 0.104. The van der Waals surface area contributed by atoms with Gasteiger partial charge in [0.25, 0.3) is 5.91 Å². The molecule has 3 aliphatic rings. The molecule has 2 atom stereocenters. The first-order valence-corrected chi connectivity index (χ1v) is 8.03. The van der Waals surface area contributed by atoms with Gasteiger partial charge in [0.05, 0.1) is 5.56 Å². The zero-order valence-electron chi connectivity index (χ0n) is 12.8. The zero-order valence-corrected chi connectivity index (χ0v) is 12.8. The highest BCUT2D eigenvalue weighted by Gasteiger charge is 2.69. The van der Waals surface area contributed by atoms with Gasteiger partial charge in [0.15, 0.2) is 0 Å². The molecule has 2 saturated heterocycles. The zero-order chi connectivity index (χ0) is 15.3. The number of hydrogen-bond acceptors (Lipinski definition) is 4. The minimum atomic E-state index is -0.563. The van der Waals surface area contributed by atoms with Gasteiger partial charge in [-0.25, -0.2) is 9.97 Å². The number of nitrogens with zero attached hydrogens (tertiary/aromatic N) is 4. The first kappa shape index (κ1) is 13.7. The monoisotopic (exact) mass is 300 g/mol. The van der Waals surface area contributed by atoms with Crippen molar-refractivity contribution >= 4 is 11.8 Å². The van der Waals surface area contributed by atoms with E-state index in [9.17, 15) is 9.59 Å². The fourth-order valence-corrected chi connectivity index (χ4v) is 3.99. The molecule has 6 nitrogen and oxygen atoms in total. The molecular formula is C16H20N4O2. The summed E-state index contributed by atoms with van der Waals surface area (Å²) in [6.07, 6.45) is 7.03. The number of piperidine rings is 1. The van der Waals surface area contributed by atoms with Crippen molar-refractivity contribution in [3.05, 3.63) is 23.8 Å². The van der Waals surface area contributed by atoms with Crippen LogP contribution in [0.1, 0.15) is 41.9 Å². The molecule has 0 N–H and O–H groups in total. The first-order valence-electron chi connectivity index (χ1n) is 8.03. The summed E-state index contributed by atoms with van der Waals surface area (Å²) in [5, 5.41) is 0. The maximum Gasteiger partial charge on any atom is 0.257 e. The van der Waals surface area contributed by atoms with E-state index in [-0.39, 0.29) is 11.8 Å². The van der Waals surface area contributed by atoms with Crippen molar-refractivity contribution in [2.75, 3.05) is 19.6 Å². The molecule has 2 aliphatic heterocycles. The Balaban J connectivity index is 1.60. The van der Waals surface area contributed by atoms with Gasteiger partial charge in [-0.1, -0.05) is 0 Å². The van der Waals surface area contributed by atoms with Gasteiger partial charge in [-0.05, 0) is 38.5 Å². The number of carbonyl (C=O) groups is 2. The lowest BCUT2D eigenvalue weighted by Gasteiger charge is -2.30. The van der Waals surface area contributed by atoms with Gasteiger partial charge < -0.3 is 9.80 Å². The van der Waals surface area contributed by atoms with Gasteiger partial charge in [-0.2, -0.15) is 0 Å². The predicted molar refractivity (Wildman–Crippen MR) is 79.1 cm³/mol. The molecular weight excluding hydrogens is 280 g/mol. The molecule has 1 aromatic rings. The highest BCUT2D eigenvalue weighted by molar-refractivity contribution is 6.01. The molecule has 3 fully saturated rings. The van der Waals surface area contributed by atoms with Crippen molar-refractivity contribution in [1.82, 2.24) is 19.8 Å². The largest absolute Gasteiger partial charge is 0.341 e. The SMILES string of the molecule is Cc1ncc(C(=O)N2CCC3CC32C(=O)N2CCCC2)cn1. The number of amides is 2. The van der Waals surface area contributed by atoms with Gasteiger partial charge in [0, 0.05) is 32.0 Å². The van der Waals surface area contributed by atoms with Crippen LogP contribution in [0.5, 0.6) is 0 Å². The number of likely N-dealkylation sites (tertiary alicyclic amines) is 2. The third kappa shape index (κ3) is 1.86. The Labute approximate surface area is 129 Å². The lowest BCUT2D eigenvalue weighted by atomic mass is 10.1. The quantitative estimate of drug-likeness (QED) is 0.817. The second kappa shape index (κ2) is 4.76. The molecule has 3 heterocycles. The minimum Gasteiger partial charge on any atom is -0.341 e. The van der Waals surface area contributed by atoms with Gasteiger partial charge >= 0.3 is 0 Å². The Kier molecular flexibility index (Phi) is 2.96. The highest BCUT2D eigenvalue weighted by Crippen LogP contribution is 2.57. The van der Waals surface area contributed by atoms with E-state index in [4.69, 9.17) is 0 Å². The predicted octanol–water partition coefficient (Wildman–Crippen LogP) is 1.01. The molecule has 4 rings (SSSR count). The molecule has 116 valence electrons. The Morgan fingerprint density at radius 1 is 1.18 bits per heavy atom. The van der Waals surface area contributed by atoms with E-state index in [1.807, 2.05) is 4.90 Å². The molecule has 1 aliphatic carbocycles. The van der Waals surface area contributed by atoms with Crippen molar-refractivity contribution in [2.45, 2.75) is 38.1 Å². The van der Waals surface area contributed by atoms with Crippen LogP contribution in [0.25, 0.3) is 0 Å². The van der Waals surface area contributed by atoms with Crippen molar-refractivity contribution in [1.29, 1.82) is 0 Å². The summed E-state index contributed by atoms with van der Waals surface area (Å²) in [5.41, 5.74) is -0.0847. The Morgan fingerprint density at radius 2 is 1.86 bits per heavy atom. The molecule has 22 heavy (non-hydrogen) atoms. The summed E-state index contributed by atoms with van der Waals surface area (Å²) in [6, 6.07) is 0. The number of carbonyl (C=O) groups excluding carboxylic acids is 2. The normalized spacial score (nSPS) is 29.6. The molecule has 1 aromatic heterocycles. The van der Waals surface area contributed by atoms with Gasteiger partial charge in [-0.15, -0.1) is 0 Å². The summed E-state index contributed by atoms with van der Waals surface area (Å²) in [7, 11) is 0. The number of rotatable bonds is 2. The lowest BCUT2D eigenvalue weighted by Crippen LogP contribution is -2.51. The third-order valence-electron chi connectivity index (χ3n) is 5.29. The second-order valence-electron chi connectivity index (χ2n) is 6.59. The van der Waals surface area contributed by atoms with Crippen LogP contribution >= 0.6 is 0 Å². The van der Waals surface area contributed by atoms with Gasteiger partial charge in [-0.3, -0.25) is 9.59 Å². The van der Waals surface area contributed by atoms with Crippen molar-refractivity contribution in [2.24, 2.45) is 5.92 Å². The van der Waals surface area contributed by atoms with Crippen LogP contribution in [-0.2, 0) is 4.79 Å². The summed E-state index contributed by atoms with van der Waals surface area (Å²) in [4.78, 5) is 37.6. The van der Waals surface area contributed by atoms with Crippen LogP contribution in [-0.4, -0.2) is 56.8 Å². The van der Waals surface area contributed by atoms with E-state index in [1.165, 1.54) is 0 Å². The molecule has 2 amide bonds. The van der Waals surface area contributed by atoms with Crippen molar-refractivity contribution < 1.29 is 9.59 Å². The number of fused-ring (bicyclic) bond motifs is 1. The van der Waals surface area contributed by atoms with Crippen LogP contribution in [0.15, 0.2) is 12.4 Å². The Morgan fingerprint density at radius 3 is 2.50 bits per heavy atom. The number of hydrogen-bond donors (Lipinski definition) is 0. The average molecular weight is 300 g/mol. The van der Waals surface area contributed by atoms with Crippen LogP contribution in [0.4, 0.5) is 0 Å². The smallest absolute Gasteiger partial charge is 0.257 e. The Hall–Kier alpha value is -1.98. The van der Waals surface area contributed by atoms with Crippen LogP contribution in [0, 0.1) is 12.8 Å². The van der Waals surface area contributed by atoms with E-state index in [2.05, 4.69) is 9.97 Å².